The highest BCUT2D eigenvalue weighted by atomic mass is 16.2. The van der Waals surface area contributed by atoms with Crippen molar-refractivity contribution in [1.29, 1.82) is 0 Å². The largest absolute Gasteiger partial charge is 0.384 e. The van der Waals surface area contributed by atoms with Crippen molar-refractivity contribution in [3.8, 4) is 11.8 Å². The summed E-state index contributed by atoms with van der Waals surface area (Å²) in [6.45, 7) is 5.60. The summed E-state index contributed by atoms with van der Waals surface area (Å²) in [4.78, 5) is 14.6. The highest BCUT2D eigenvalue weighted by Crippen LogP contribution is 2.20. The second-order valence-electron chi connectivity index (χ2n) is 5.51. The Labute approximate surface area is 120 Å². The van der Waals surface area contributed by atoms with Crippen molar-refractivity contribution >= 4 is 5.91 Å². The van der Waals surface area contributed by atoms with Gasteiger partial charge in [-0.25, -0.2) is 0 Å². The summed E-state index contributed by atoms with van der Waals surface area (Å²) in [5.41, 5.74) is 2.40. The van der Waals surface area contributed by atoms with E-state index in [1.807, 2.05) is 30.0 Å². The summed E-state index contributed by atoms with van der Waals surface area (Å²) in [6, 6.07) is 5.69. The van der Waals surface area contributed by atoms with Gasteiger partial charge in [-0.2, -0.15) is 0 Å². The molecule has 0 aliphatic carbocycles. The standard InChI is InChI=1S/C17H21NO2/c1-13-7-8-15(6-4-10-19)16(11-13)17(20)18-9-3-5-14(2)12-18/h7-8,11,14,19H,3,5,9-10,12H2,1-2H3. The number of amides is 1. The summed E-state index contributed by atoms with van der Waals surface area (Å²) >= 11 is 0. The molecule has 3 heteroatoms. The molecule has 1 aliphatic heterocycles. The van der Waals surface area contributed by atoms with Crippen LogP contribution in [0.5, 0.6) is 0 Å². The lowest BCUT2D eigenvalue weighted by molar-refractivity contribution is 0.0682. The van der Waals surface area contributed by atoms with Crippen LogP contribution in [0.2, 0.25) is 0 Å². The first-order valence-electron chi connectivity index (χ1n) is 7.11. The highest BCUT2D eigenvalue weighted by Gasteiger charge is 2.23. The van der Waals surface area contributed by atoms with Crippen LogP contribution in [0.4, 0.5) is 0 Å². The maximum Gasteiger partial charge on any atom is 0.255 e. The third-order valence-electron chi connectivity index (χ3n) is 3.65. The lowest BCUT2D eigenvalue weighted by Gasteiger charge is -2.31. The SMILES string of the molecule is Cc1ccc(C#CCO)c(C(=O)N2CCCC(C)C2)c1. The van der Waals surface area contributed by atoms with Crippen LogP contribution < -0.4 is 0 Å². The van der Waals surface area contributed by atoms with Crippen LogP contribution in [-0.4, -0.2) is 35.6 Å². The van der Waals surface area contributed by atoms with Crippen LogP contribution in [0, 0.1) is 24.7 Å². The lowest BCUT2D eigenvalue weighted by atomic mass is 9.98. The van der Waals surface area contributed by atoms with Gasteiger partial charge in [-0.3, -0.25) is 4.79 Å². The highest BCUT2D eigenvalue weighted by molar-refractivity contribution is 5.97. The Kier molecular flexibility index (Phi) is 4.81. The number of likely N-dealkylation sites (tertiary alicyclic amines) is 1. The Bertz CT molecular complexity index is 554. The molecule has 0 saturated carbocycles. The van der Waals surface area contributed by atoms with E-state index < -0.39 is 0 Å². The minimum atomic E-state index is -0.192. The van der Waals surface area contributed by atoms with E-state index in [0.29, 0.717) is 17.0 Å². The molecule has 1 fully saturated rings. The Balaban J connectivity index is 2.30. The summed E-state index contributed by atoms with van der Waals surface area (Å²) in [6.07, 6.45) is 2.26. The van der Waals surface area contributed by atoms with Gasteiger partial charge in [0.1, 0.15) is 6.61 Å². The zero-order valence-electron chi connectivity index (χ0n) is 12.1. The number of carbonyl (C=O) groups is 1. The van der Waals surface area contributed by atoms with Crippen LogP contribution in [0.1, 0.15) is 41.3 Å². The number of hydrogen-bond acceptors (Lipinski definition) is 2. The van der Waals surface area contributed by atoms with E-state index in [4.69, 9.17) is 5.11 Å². The van der Waals surface area contributed by atoms with Crippen LogP contribution >= 0.6 is 0 Å². The Morgan fingerprint density at radius 3 is 3.00 bits per heavy atom. The molecule has 106 valence electrons. The molecule has 0 aromatic heterocycles. The van der Waals surface area contributed by atoms with E-state index in [1.165, 1.54) is 6.42 Å². The Hall–Kier alpha value is -1.79. The molecule has 1 aromatic rings. The van der Waals surface area contributed by atoms with Crippen LogP contribution in [0.15, 0.2) is 18.2 Å². The van der Waals surface area contributed by atoms with Crippen molar-refractivity contribution in [3.63, 3.8) is 0 Å². The van der Waals surface area contributed by atoms with Gasteiger partial charge in [-0.05, 0) is 37.8 Å². The van der Waals surface area contributed by atoms with Crippen LogP contribution in [0.25, 0.3) is 0 Å². The molecule has 1 amide bonds. The lowest BCUT2D eigenvalue weighted by Crippen LogP contribution is -2.39. The second kappa shape index (κ2) is 6.58. The Morgan fingerprint density at radius 2 is 2.30 bits per heavy atom. The average molecular weight is 271 g/mol. The normalized spacial score (nSPS) is 18.4. The van der Waals surface area contributed by atoms with Crippen molar-refractivity contribution in [2.24, 2.45) is 5.92 Å². The fourth-order valence-electron chi connectivity index (χ4n) is 2.62. The average Bonchev–Trinajstić information content (AvgIpc) is 2.45. The van der Waals surface area contributed by atoms with Crippen molar-refractivity contribution < 1.29 is 9.90 Å². The number of rotatable bonds is 1. The molecule has 1 heterocycles. The van der Waals surface area contributed by atoms with E-state index in [9.17, 15) is 4.79 Å². The molecular formula is C17H21NO2. The molecule has 1 aliphatic rings. The number of aliphatic hydroxyl groups is 1. The van der Waals surface area contributed by atoms with Crippen LogP contribution in [0.3, 0.4) is 0 Å². The van der Waals surface area contributed by atoms with E-state index in [1.54, 1.807) is 0 Å². The zero-order chi connectivity index (χ0) is 14.5. The molecule has 1 N–H and O–H groups in total. The van der Waals surface area contributed by atoms with Crippen molar-refractivity contribution in [3.05, 3.63) is 34.9 Å². The molecule has 1 unspecified atom stereocenters. The monoisotopic (exact) mass is 271 g/mol. The molecule has 0 spiro atoms. The molecule has 0 radical (unpaired) electrons. The predicted octanol–water partition coefficient (Wildman–Crippen LogP) is 2.21. The third kappa shape index (κ3) is 3.40. The van der Waals surface area contributed by atoms with Gasteiger partial charge in [0.05, 0.1) is 5.56 Å². The van der Waals surface area contributed by atoms with Gasteiger partial charge in [0.25, 0.3) is 5.91 Å². The minimum absolute atomic E-state index is 0.0579. The number of nitrogens with zero attached hydrogens (tertiary/aromatic N) is 1. The van der Waals surface area contributed by atoms with Gasteiger partial charge >= 0.3 is 0 Å². The van der Waals surface area contributed by atoms with E-state index in [0.717, 1.165) is 25.1 Å². The fraction of sp³-hybridized carbons (Fsp3) is 0.471. The number of piperidine rings is 1. The summed E-state index contributed by atoms with van der Waals surface area (Å²) in [5, 5.41) is 8.83. The van der Waals surface area contributed by atoms with Crippen molar-refractivity contribution in [2.75, 3.05) is 19.7 Å². The predicted molar refractivity (Wildman–Crippen MR) is 79.4 cm³/mol. The summed E-state index contributed by atoms with van der Waals surface area (Å²) in [7, 11) is 0. The smallest absolute Gasteiger partial charge is 0.255 e. The van der Waals surface area contributed by atoms with Crippen molar-refractivity contribution in [1.82, 2.24) is 4.90 Å². The zero-order valence-corrected chi connectivity index (χ0v) is 12.1. The van der Waals surface area contributed by atoms with Gasteiger partial charge in [0, 0.05) is 18.7 Å². The number of aryl methyl sites for hydroxylation is 1. The van der Waals surface area contributed by atoms with Gasteiger partial charge < -0.3 is 10.0 Å². The second-order valence-corrected chi connectivity index (χ2v) is 5.51. The summed E-state index contributed by atoms with van der Waals surface area (Å²) < 4.78 is 0. The van der Waals surface area contributed by atoms with Crippen molar-refractivity contribution in [2.45, 2.75) is 26.7 Å². The van der Waals surface area contributed by atoms with E-state index in [-0.39, 0.29) is 12.5 Å². The third-order valence-corrected chi connectivity index (χ3v) is 3.65. The minimum Gasteiger partial charge on any atom is -0.384 e. The topological polar surface area (TPSA) is 40.5 Å². The number of hydrogen-bond donors (Lipinski definition) is 1. The fourth-order valence-corrected chi connectivity index (χ4v) is 2.62. The molecule has 1 aromatic carbocycles. The van der Waals surface area contributed by atoms with E-state index >= 15 is 0 Å². The molecule has 2 rings (SSSR count). The Morgan fingerprint density at radius 1 is 1.50 bits per heavy atom. The van der Waals surface area contributed by atoms with Gasteiger partial charge in [-0.15, -0.1) is 0 Å². The van der Waals surface area contributed by atoms with Gasteiger partial charge in [-0.1, -0.05) is 30.4 Å². The maximum absolute atomic E-state index is 12.7. The molecule has 20 heavy (non-hydrogen) atoms. The van der Waals surface area contributed by atoms with Crippen LogP contribution in [-0.2, 0) is 0 Å². The number of benzene rings is 1. The maximum atomic E-state index is 12.7. The molecule has 1 saturated heterocycles. The first kappa shape index (κ1) is 14.6. The first-order valence-corrected chi connectivity index (χ1v) is 7.11. The summed E-state index contributed by atoms with van der Waals surface area (Å²) in [5.74, 6) is 6.12. The molecule has 0 bridgehead atoms. The number of carbonyl (C=O) groups excluding carboxylic acids is 1. The van der Waals surface area contributed by atoms with Gasteiger partial charge in [0.2, 0.25) is 0 Å². The molecule has 3 nitrogen and oxygen atoms in total. The van der Waals surface area contributed by atoms with E-state index in [2.05, 4.69) is 18.8 Å². The first-order chi connectivity index (χ1) is 9.61. The van der Waals surface area contributed by atoms with Gasteiger partial charge in [0.15, 0.2) is 0 Å². The quantitative estimate of drug-likeness (QED) is 0.796. The number of aliphatic hydroxyl groups excluding tert-OH is 1. The molecule has 1 atom stereocenters. The molecular weight excluding hydrogens is 250 g/mol.